The minimum absolute atomic E-state index is 0.200. The van der Waals surface area contributed by atoms with Crippen molar-refractivity contribution in [2.24, 2.45) is 11.7 Å². The van der Waals surface area contributed by atoms with Crippen molar-refractivity contribution in [3.8, 4) is 11.3 Å². The Balaban J connectivity index is 1.82. The zero-order chi connectivity index (χ0) is 14.9. The fourth-order valence-electron chi connectivity index (χ4n) is 2.89. The van der Waals surface area contributed by atoms with E-state index in [9.17, 15) is 0 Å². The lowest BCUT2D eigenvalue weighted by Gasteiger charge is -2.34. The number of thioether (sulfide) groups is 1. The van der Waals surface area contributed by atoms with E-state index in [1.165, 1.54) is 23.3 Å². The second kappa shape index (κ2) is 6.11. The van der Waals surface area contributed by atoms with Crippen LogP contribution in [0.3, 0.4) is 0 Å². The van der Waals surface area contributed by atoms with Crippen LogP contribution in [0, 0.1) is 5.92 Å². The first-order valence-corrected chi connectivity index (χ1v) is 9.60. The summed E-state index contributed by atoms with van der Waals surface area (Å²) in [5.41, 5.74) is 8.67. The Morgan fingerprint density at radius 1 is 1.24 bits per heavy atom. The maximum Gasteiger partial charge on any atom is 0.113 e. The largest absolute Gasteiger partial charge is 0.319 e. The average molecular weight is 319 g/mol. The van der Waals surface area contributed by atoms with Gasteiger partial charge in [0.2, 0.25) is 0 Å². The molecule has 2 aromatic rings. The van der Waals surface area contributed by atoms with E-state index >= 15 is 0 Å². The lowest BCUT2D eigenvalue weighted by Crippen LogP contribution is -2.40. The third kappa shape index (κ3) is 3.17. The van der Waals surface area contributed by atoms with Crippen molar-refractivity contribution in [3.05, 3.63) is 34.7 Å². The summed E-state index contributed by atoms with van der Waals surface area (Å²) in [7, 11) is 0. The third-order valence-electron chi connectivity index (χ3n) is 4.48. The minimum Gasteiger partial charge on any atom is -0.319 e. The Bertz CT molecular complexity index is 596. The number of hydrogen-bond acceptors (Lipinski definition) is 4. The summed E-state index contributed by atoms with van der Waals surface area (Å²) in [5.74, 6) is 0.806. The number of hydrogen-bond donors (Lipinski definition) is 1. The molecule has 1 aliphatic carbocycles. The number of thiazole rings is 1. The van der Waals surface area contributed by atoms with E-state index in [0.717, 1.165) is 29.5 Å². The molecule has 1 aromatic heterocycles. The fraction of sp³-hybridized carbons (Fsp3) is 0.471. The number of nitrogens with two attached hydrogens (primary N) is 1. The van der Waals surface area contributed by atoms with Gasteiger partial charge in [0.05, 0.1) is 11.2 Å². The zero-order valence-corrected chi connectivity index (χ0v) is 14.3. The highest BCUT2D eigenvalue weighted by atomic mass is 32.2. The summed E-state index contributed by atoms with van der Waals surface area (Å²) >= 11 is 3.48. The molecule has 1 heterocycles. The lowest BCUT2D eigenvalue weighted by molar-refractivity contribution is 0.247. The van der Waals surface area contributed by atoms with E-state index < -0.39 is 0 Å². The number of benzene rings is 1. The SMILES string of the molecule is CSc1ccc(-c2csc(C3(N)CCC(C)CC3)n2)cc1. The van der Waals surface area contributed by atoms with Gasteiger partial charge in [-0.1, -0.05) is 19.1 Å². The summed E-state index contributed by atoms with van der Waals surface area (Å²) < 4.78 is 0. The van der Waals surface area contributed by atoms with Gasteiger partial charge in [-0.2, -0.15) is 0 Å². The molecule has 1 fully saturated rings. The van der Waals surface area contributed by atoms with E-state index in [-0.39, 0.29) is 5.54 Å². The van der Waals surface area contributed by atoms with E-state index in [2.05, 4.69) is 42.8 Å². The smallest absolute Gasteiger partial charge is 0.113 e. The second-order valence-corrected chi connectivity index (χ2v) is 7.84. The molecule has 3 rings (SSSR count). The van der Waals surface area contributed by atoms with Crippen molar-refractivity contribution in [2.75, 3.05) is 6.26 Å². The molecule has 0 atom stereocenters. The summed E-state index contributed by atoms with van der Waals surface area (Å²) in [5, 5.41) is 3.26. The Kier molecular flexibility index (Phi) is 4.38. The number of aromatic nitrogens is 1. The van der Waals surface area contributed by atoms with Gasteiger partial charge in [0.15, 0.2) is 0 Å². The molecular formula is C17H22N2S2. The van der Waals surface area contributed by atoms with Crippen molar-refractivity contribution in [2.45, 2.75) is 43.0 Å². The lowest BCUT2D eigenvalue weighted by atomic mass is 9.78. The standard InChI is InChI=1S/C17H22N2S2/c1-12-7-9-17(18,10-8-12)16-19-15(11-21-16)13-3-5-14(20-2)6-4-13/h3-6,11-12H,7-10,18H2,1-2H3. The van der Waals surface area contributed by atoms with Crippen LogP contribution < -0.4 is 5.73 Å². The highest BCUT2D eigenvalue weighted by molar-refractivity contribution is 7.98. The molecule has 0 radical (unpaired) electrons. The minimum atomic E-state index is -0.200. The number of rotatable bonds is 3. The van der Waals surface area contributed by atoms with Crippen molar-refractivity contribution in [1.82, 2.24) is 4.98 Å². The summed E-state index contributed by atoms with van der Waals surface area (Å²) in [6, 6.07) is 8.60. The van der Waals surface area contributed by atoms with Crippen LogP contribution in [-0.4, -0.2) is 11.2 Å². The summed E-state index contributed by atoms with van der Waals surface area (Å²) in [6.07, 6.45) is 6.65. The first kappa shape index (κ1) is 15.1. The molecule has 0 unspecified atom stereocenters. The van der Waals surface area contributed by atoms with Crippen LogP contribution in [0.25, 0.3) is 11.3 Å². The predicted octanol–water partition coefficient (Wildman–Crippen LogP) is 4.90. The van der Waals surface area contributed by atoms with Gasteiger partial charge < -0.3 is 5.73 Å². The second-order valence-electron chi connectivity index (χ2n) is 6.11. The highest BCUT2D eigenvalue weighted by Gasteiger charge is 2.34. The van der Waals surface area contributed by atoms with Gasteiger partial charge in [-0.25, -0.2) is 4.98 Å². The molecule has 112 valence electrons. The fourth-order valence-corrected chi connectivity index (χ4v) is 4.30. The van der Waals surface area contributed by atoms with Gasteiger partial charge in [0.1, 0.15) is 5.01 Å². The Labute approximate surface area is 135 Å². The molecular weight excluding hydrogens is 296 g/mol. The molecule has 21 heavy (non-hydrogen) atoms. The Morgan fingerprint density at radius 2 is 1.90 bits per heavy atom. The van der Waals surface area contributed by atoms with E-state index in [1.807, 2.05) is 0 Å². The van der Waals surface area contributed by atoms with Crippen molar-refractivity contribution in [3.63, 3.8) is 0 Å². The number of nitrogens with zero attached hydrogens (tertiary/aromatic N) is 1. The first-order chi connectivity index (χ1) is 10.1. The molecule has 2 N–H and O–H groups in total. The molecule has 2 nitrogen and oxygen atoms in total. The Morgan fingerprint density at radius 3 is 2.52 bits per heavy atom. The molecule has 0 aliphatic heterocycles. The molecule has 1 aliphatic rings. The van der Waals surface area contributed by atoms with Crippen molar-refractivity contribution >= 4 is 23.1 Å². The van der Waals surface area contributed by atoms with Crippen LogP contribution in [-0.2, 0) is 5.54 Å². The van der Waals surface area contributed by atoms with Crippen LogP contribution >= 0.6 is 23.1 Å². The van der Waals surface area contributed by atoms with E-state index in [0.29, 0.717) is 0 Å². The Hall–Kier alpha value is -0.840. The normalized spacial score (nSPS) is 26.0. The van der Waals surface area contributed by atoms with E-state index in [4.69, 9.17) is 10.7 Å². The van der Waals surface area contributed by atoms with Gasteiger partial charge in [0, 0.05) is 15.8 Å². The summed E-state index contributed by atoms with van der Waals surface area (Å²) in [6.45, 7) is 2.32. The van der Waals surface area contributed by atoms with Crippen molar-refractivity contribution in [1.29, 1.82) is 0 Å². The molecule has 0 bridgehead atoms. The monoisotopic (exact) mass is 318 g/mol. The molecule has 0 spiro atoms. The van der Waals surface area contributed by atoms with Gasteiger partial charge >= 0.3 is 0 Å². The molecule has 0 amide bonds. The molecule has 4 heteroatoms. The van der Waals surface area contributed by atoms with Gasteiger partial charge in [0.25, 0.3) is 0 Å². The van der Waals surface area contributed by atoms with Gasteiger partial charge in [-0.3, -0.25) is 0 Å². The molecule has 1 aromatic carbocycles. The van der Waals surface area contributed by atoms with Crippen LogP contribution in [0.2, 0.25) is 0 Å². The predicted molar refractivity (Wildman–Crippen MR) is 92.8 cm³/mol. The topological polar surface area (TPSA) is 38.9 Å². The zero-order valence-electron chi connectivity index (χ0n) is 12.6. The molecule has 1 saturated carbocycles. The highest BCUT2D eigenvalue weighted by Crippen LogP contribution is 2.39. The summed E-state index contributed by atoms with van der Waals surface area (Å²) in [4.78, 5) is 6.13. The van der Waals surface area contributed by atoms with Crippen LogP contribution in [0.15, 0.2) is 34.5 Å². The first-order valence-electron chi connectivity index (χ1n) is 7.50. The van der Waals surface area contributed by atoms with Gasteiger partial charge in [-0.15, -0.1) is 23.1 Å². The van der Waals surface area contributed by atoms with Gasteiger partial charge in [-0.05, 0) is 50.0 Å². The van der Waals surface area contributed by atoms with E-state index in [1.54, 1.807) is 23.1 Å². The quantitative estimate of drug-likeness (QED) is 0.818. The third-order valence-corrected chi connectivity index (χ3v) is 6.29. The van der Waals surface area contributed by atoms with Crippen LogP contribution in [0.5, 0.6) is 0 Å². The maximum atomic E-state index is 6.62. The maximum absolute atomic E-state index is 6.62. The average Bonchev–Trinajstić information content (AvgIpc) is 3.01. The van der Waals surface area contributed by atoms with Crippen molar-refractivity contribution < 1.29 is 0 Å². The van der Waals surface area contributed by atoms with Crippen LogP contribution in [0.4, 0.5) is 0 Å². The molecule has 0 saturated heterocycles. The van der Waals surface area contributed by atoms with Crippen LogP contribution in [0.1, 0.15) is 37.6 Å².